The third-order valence-electron chi connectivity index (χ3n) is 5.75. The highest BCUT2D eigenvalue weighted by Gasteiger charge is 2.14. The summed E-state index contributed by atoms with van der Waals surface area (Å²) in [6, 6.07) is 17.1. The van der Waals surface area contributed by atoms with Gasteiger partial charge in [0.05, 0.1) is 6.10 Å². The average Bonchev–Trinajstić information content (AvgIpc) is 3.18. The first kappa shape index (κ1) is 21.6. The van der Waals surface area contributed by atoms with E-state index < -0.39 is 0 Å². The molecule has 0 bridgehead atoms. The molecule has 1 N–H and O–H groups in total. The first-order valence-electron chi connectivity index (χ1n) is 10.9. The summed E-state index contributed by atoms with van der Waals surface area (Å²) >= 11 is 0. The van der Waals surface area contributed by atoms with Crippen molar-refractivity contribution >= 4 is 22.7 Å². The second-order valence-corrected chi connectivity index (χ2v) is 8.27. The number of carbonyl (C=O) groups excluding carboxylic acids is 1. The molecule has 0 aliphatic rings. The molecule has 0 aliphatic carbocycles. The van der Waals surface area contributed by atoms with Crippen molar-refractivity contribution in [1.29, 1.82) is 0 Å². The minimum atomic E-state index is -0.191. The van der Waals surface area contributed by atoms with Crippen LogP contribution in [0.2, 0.25) is 0 Å². The van der Waals surface area contributed by atoms with Crippen molar-refractivity contribution in [3.05, 3.63) is 76.9 Å². The van der Waals surface area contributed by atoms with Gasteiger partial charge in [-0.2, -0.15) is 0 Å². The van der Waals surface area contributed by atoms with Crippen molar-refractivity contribution in [2.24, 2.45) is 0 Å². The molecule has 5 nitrogen and oxygen atoms in total. The van der Waals surface area contributed by atoms with E-state index in [0.717, 1.165) is 39.9 Å². The quantitative estimate of drug-likeness (QED) is 0.365. The SMILES string of the molecule is CCC(C)Oc1cccc(C(=O)Nc2cc(-c3nc4cc(C)c(C)cc4o3)ccc2C)c1. The minimum Gasteiger partial charge on any atom is -0.491 e. The van der Waals surface area contributed by atoms with Gasteiger partial charge in [-0.15, -0.1) is 0 Å². The molecule has 0 fully saturated rings. The number of ether oxygens (including phenoxy) is 1. The summed E-state index contributed by atoms with van der Waals surface area (Å²) in [5, 5.41) is 3.02. The molecule has 0 saturated heterocycles. The van der Waals surface area contributed by atoms with Crippen LogP contribution in [0.25, 0.3) is 22.6 Å². The Kier molecular flexibility index (Phi) is 5.99. The standard InChI is InChI=1S/C27H28N2O3/c1-6-19(5)31-22-9-7-8-20(14-22)26(30)28-23-15-21(11-10-16(23)2)27-29-24-12-17(3)18(4)13-25(24)32-27/h7-15,19H,6H2,1-5H3,(H,28,30). The van der Waals surface area contributed by atoms with Crippen LogP contribution in [0.3, 0.4) is 0 Å². The van der Waals surface area contributed by atoms with E-state index in [1.165, 1.54) is 5.56 Å². The number of rotatable bonds is 6. The molecule has 1 heterocycles. The molecule has 4 rings (SSSR count). The maximum Gasteiger partial charge on any atom is 0.255 e. The van der Waals surface area contributed by atoms with Crippen LogP contribution < -0.4 is 10.1 Å². The normalized spacial score (nSPS) is 12.0. The van der Waals surface area contributed by atoms with Crippen molar-refractivity contribution in [2.45, 2.75) is 47.1 Å². The molecule has 1 unspecified atom stereocenters. The van der Waals surface area contributed by atoms with Gasteiger partial charge in [-0.05, 0) is 93.3 Å². The zero-order valence-electron chi connectivity index (χ0n) is 19.2. The van der Waals surface area contributed by atoms with Crippen molar-refractivity contribution in [3.63, 3.8) is 0 Å². The molecule has 0 aliphatic heterocycles. The number of benzene rings is 3. The van der Waals surface area contributed by atoms with Gasteiger partial charge in [-0.1, -0.05) is 19.1 Å². The number of aryl methyl sites for hydroxylation is 3. The van der Waals surface area contributed by atoms with Crippen LogP contribution in [0.15, 0.2) is 59.0 Å². The monoisotopic (exact) mass is 428 g/mol. The second kappa shape index (κ2) is 8.87. The third kappa shape index (κ3) is 4.52. The van der Waals surface area contributed by atoms with Crippen molar-refractivity contribution in [1.82, 2.24) is 4.98 Å². The lowest BCUT2D eigenvalue weighted by Gasteiger charge is -2.14. The lowest BCUT2D eigenvalue weighted by molar-refractivity contribution is 0.102. The van der Waals surface area contributed by atoms with Crippen LogP contribution in [-0.4, -0.2) is 17.0 Å². The Balaban J connectivity index is 1.60. The smallest absolute Gasteiger partial charge is 0.255 e. The van der Waals surface area contributed by atoms with Crippen LogP contribution >= 0.6 is 0 Å². The van der Waals surface area contributed by atoms with Crippen LogP contribution in [0, 0.1) is 20.8 Å². The minimum absolute atomic E-state index is 0.0936. The number of nitrogens with zero attached hydrogens (tertiary/aromatic N) is 1. The fraction of sp³-hybridized carbons (Fsp3) is 0.259. The maximum atomic E-state index is 12.9. The topological polar surface area (TPSA) is 64.4 Å². The summed E-state index contributed by atoms with van der Waals surface area (Å²) in [6.45, 7) is 10.2. The molecule has 0 saturated carbocycles. The number of hydrogen-bond donors (Lipinski definition) is 1. The first-order chi connectivity index (χ1) is 15.3. The predicted octanol–water partition coefficient (Wildman–Crippen LogP) is 6.85. The van der Waals surface area contributed by atoms with E-state index in [0.29, 0.717) is 17.2 Å². The number of amides is 1. The number of oxazole rings is 1. The zero-order chi connectivity index (χ0) is 22.8. The number of anilines is 1. The Hall–Kier alpha value is -3.60. The summed E-state index contributed by atoms with van der Waals surface area (Å²) in [4.78, 5) is 17.6. The molecule has 32 heavy (non-hydrogen) atoms. The number of aromatic nitrogens is 1. The van der Waals surface area contributed by atoms with Crippen LogP contribution in [0.1, 0.15) is 47.3 Å². The summed E-state index contributed by atoms with van der Waals surface area (Å²) < 4.78 is 11.8. The lowest BCUT2D eigenvalue weighted by atomic mass is 10.1. The molecule has 4 aromatic rings. The largest absolute Gasteiger partial charge is 0.491 e. The van der Waals surface area contributed by atoms with Gasteiger partial charge in [-0.25, -0.2) is 4.98 Å². The van der Waals surface area contributed by atoms with Gasteiger partial charge in [0.1, 0.15) is 11.3 Å². The molecule has 0 radical (unpaired) electrons. The number of hydrogen-bond acceptors (Lipinski definition) is 4. The summed E-state index contributed by atoms with van der Waals surface area (Å²) in [5.41, 5.74) is 6.95. The number of nitrogens with one attached hydrogen (secondary N) is 1. The Labute approximate surface area is 188 Å². The van der Waals surface area contributed by atoms with Crippen molar-refractivity contribution in [3.8, 4) is 17.2 Å². The van der Waals surface area contributed by atoms with E-state index in [9.17, 15) is 4.79 Å². The van der Waals surface area contributed by atoms with E-state index in [1.807, 2.05) is 56.3 Å². The Morgan fingerprint density at radius 2 is 1.81 bits per heavy atom. The van der Waals surface area contributed by atoms with Crippen LogP contribution in [0.4, 0.5) is 5.69 Å². The molecule has 0 spiro atoms. The highest BCUT2D eigenvalue weighted by molar-refractivity contribution is 6.05. The van der Waals surface area contributed by atoms with Crippen molar-refractivity contribution in [2.75, 3.05) is 5.32 Å². The average molecular weight is 429 g/mol. The molecule has 1 amide bonds. The van der Waals surface area contributed by atoms with Crippen LogP contribution in [0.5, 0.6) is 5.75 Å². The molecule has 1 aromatic heterocycles. The van der Waals surface area contributed by atoms with Crippen molar-refractivity contribution < 1.29 is 13.9 Å². The zero-order valence-corrected chi connectivity index (χ0v) is 19.2. The van der Waals surface area contributed by atoms with Gasteiger partial charge in [0.25, 0.3) is 5.91 Å². The van der Waals surface area contributed by atoms with Crippen LogP contribution in [-0.2, 0) is 0 Å². The van der Waals surface area contributed by atoms with E-state index in [-0.39, 0.29) is 12.0 Å². The maximum absolute atomic E-state index is 12.9. The highest BCUT2D eigenvalue weighted by atomic mass is 16.5. The molecular weight excluding hydrogens is 400 g/mol. The van der Waals surface area contributed by atoms with Gasteiger partial charge in [0.15, 0.2) is 5.58 Å². The molecule has 1 atom stereocenters. The van der Waals surface area contributed by atoms with E-state index in [4.69, 9.17) is 9.15 Å². The summed E-state index contributed by atoms with van der Waals surface area (Å²) in [6.07, 6.45) is 0.994. The van der Waals surface area contributed by atoms with Gasteiger partial charge >= 0.3 is 0 Å². The number of carbonyl (C=O) groups is 1. The van der Waals surface area contributed by atoms with E-state index >= 15 is 0 Å². The molecule has 3 aromatic carbocycles. The summed E-state index contributed by atoms with van der Waals surface area (Å²) in [5.74, 6) is 1.03. The first-order valence-corrected chi connectivity index (χ1v) is 10.9. The Morgan fingerprint density at radius 1 is 1.03 bits per heavy atom. The predicted molar refractivity (Wildman–Crippen MR) is 128 cm³/mol. The number of fused-ring (bicyclic) bond motifs is 1. The van der Waals surface area contributed by atoms with Gasteiger partial charge in [0.2, 0.25) is 5.89 Å². The van der Waals surface area contributed by atoms with E-state index in [1.54, 1.807) is 12.1 Å². The van der Waals surface area contributed by atoms with Gasteiger partial charge in [-0.3, -0.25) is 4.79 Å². The van der Waals surface area contributed by atoms with E-state index in [2.05, 4.69) is 31.1 Å². The Morgan fingerprint density at radius 3 is 2.59 bits per heavy atom. The Bertz CT molecular complexity index is 1250. The fourth-order valence-corrected chi connectivity index (χ4v) is 3.41. The lowest BCUT2D eigenvalue weighted by Crippen LogP contribution is -2.14. The fourth-order valence-electron chi connectivity index (χ4n) is 3.41. The molecule has 5 heteroatoms. The third-order valence-corrected chi connectivity index (χ3v) is 5.75. The van der Waals surface area contributed by atoms with Gasteiger partial charge in [0, 0.05) is 16.8 Å². The summed E-state index contributed by atoms with van der Waals surface area (Å²) in [7, 11) is 0. The molecule has 164 valence electrons. The second-order valence-electron chi connectivity index (χ2n) is 8.27. The molecular formula is C27H28N2O3. The highest BCUT2D eigenvalue weighted by Crippen LogP contribution is 2.29. The van der Waals surface area contributed by atoms with Gasteiger partial charge < -0.3 is 14.5 Å².